The van der Waals surface area contributed by atoms with E-state index >= 15 is 0 Å². The molecule has 4 saturated carbocycles. The number of nitrogens with one attached hydrogen (secondary N) is 2. The first-order chi connectivity index (χ1) is 18.1. The summed E-state index contributed by atoms with van der Waals surface area (Å²) in [5, 5.41) is 12.7. The summed E-state index contributed by atoms with van der Waals surface area (Å²) in [5.74, 6) is -0.696. The van der Waals surface area contributed by atoms with Crippen LogP contribution in [0.3, 0.4) is 0 Å². The molecule has 6 rings (SSSR count). The standard InChI is InChI=1S/C27H33Cl2N3O5S2/c1-25(2,3)32-39(36,37)18-10-9-16(19(28)20(18)29)21-17(11-15-7-5-4-6-8-15)30-23(38-21)22(33)31-27-12-26(13-27,14-27)24(34)35/h9-10,15,32H,4-8,11-14H2,1-3H3,(H,31,33)(H,34,35). The van der Waals surface area contributed by atoms with Crippen molar-refractivity contribution in [2.24, 2.45) is 11.3 Å². The predicted octanol–water partition coefficient (Wildman–Crippen LogP) is 6.05. The summed E-state index contributed by atoms with van der Waals surface area (Å²) >= 11 is 14.4. The van der Waals surface area contributed by atoms with E-state index in [9.17, 15) is 23.1 Å². The zero-order valence-corrected chi connectivity index (χ0v) is 25.3. The zero-order chi connectivity index (χ0) is 28.4. The van der Waals surface area contributed by atoms with Crippen LogP contribution in [-0.2, 0) is 21.2 Å². The van der Waals surface area contributed by atoms with Crippen LogP contribution in [0, 0.1) is 11.3 Å². The smallest absolute Gasteiger partial charge is 0.309 e. The Balaban J connectivity index is 1.46. The Kier molecular flexibility index (Phi) is 7.37. The van der Waals surface area contributed by atoms with Crippen LogP contribution in [0.25, 0.3) is 10.4 Å². The molecule has 2 bridgehead atoms. The van der Waals surface area contributed by atoms with E-state index in [-0.39, 0.29) is 25.9 Å². The van der Waals surface area contributed by atoms with Crippen LogP contribution >= 0.6 is 34.5 Å². The molecule has 0 aliphatic heterocycles. The second-order valence-corrected chi connectivity index (χ2v) is 15.9. The van der Waals surface area contributed by atoms with Gasteiger partial charge in [-0.05, 0) is 58.4 Å². The average molecular weight is 615 g/mol. The van der Waals surface area contributed by atoms with Gasteiger partial charge in [-0.2, -0.15) is 0 Å². The number of halogens is 2. The highest BCUT2D eigenvalue weighted by Crippen LogP contribution is 2.67. The molecule has 1 aromatic carbocycles. The van der Waals surface area contributed by atoms with Crippen molar-refractivity contribution in [3.63, 3.8) is 0 Å². The fraction of sp³-hybridized carbons (Fsp3) is 0.593. The molecule has 4 fully saturated rings. The number of aromatic nitrogens is 1. The van der Waals surface area contributed by atoms with E-state index in [0.717, 1.165) is 31.4 Å². The highest BCUT2D eigenvalue weighted by atomic mass is 35.5. The summed E-state index contributed by atoms with van der Waals surface area (Å²) in [5.41, 5.74) is -0.582. The molecule has 12 heteroatoms. The topological polar surface area (TPSA) is 125 Å². The number of carboxylic acids is 1. The average Bonchev–Trinajstić information content (AvgIpc) is 3.19. The van der Waals surface area contributed by atoms with Crippen molar-refractivity contribution in [3.05, 3.63) is 32.9 Å². The number of rotatable bonds is 8. The third kappa shape index (κ3) is 5.47. The van der Waals surface area contributed by atoms with Crippen LogP contribution in [0.1, 0.15) is 87.6 Å². The molecule has 1 amide bonds. The molecule has 8 nitrogen and oxygen atoms in total. The van der Waals surface area contributed by atoms with Crippen molar-refractivity contribution in [1.82, 2.24) is 15.0 Å². The number of carbonyl (C=O) groups is 2. The van der Waals surface area contributed by atoms with Gasteiger partial charge in [-0.1, -0.05) is 61.4 Å². The van der Waals surface area contributed by atoms with Crippen molar-refractivity contribution in [2.45, 2.75) is 94.5 Å². The second kappa shape index (κ2) is 9.98. The number of amides is 1. The van der Waals surface area contributed by atoms with Crippen LogP contribution in [0.4, 0.5) is 0 Å². The zero-order valence-electron chi connectivity index (χ0n) is 22.2. The number of thiazole rings is 1. The maximum atomic E-state index is 13.3. The third-order valence-corrected chi connectivity index (χ3v) is 11.9. The van der Waals surface area contributed by atoms with E-state index in [1.54, 1.807) is 26.8 Å². The lowest BCUT2D eigenvalue weighted by Gasteiger charge is -2.67. The van der Waals surface area contributed by atoms with Gasteiger partial charge in [0.1, 0.15) is 4.90 Å². The fourth-order valence-corrected chi connectivity index (χ4v) is 9.64. The highest BCUT2D eigenvalue weighted by molar-refractivity contribution is 7.89. The molecule has 212 valence electrons. The molecule has 0 spiro atoms. The Morgan fingerprint density at radius 3 is 2.33 bits per heavy atom. The van der Waals surface area contributed by atoms with Crippen molar-refractivity contribution >= 4 is 56.4 Å². The lowest BCUT2D eigenvalue weighted by molar-refractivity contribution is -0.196. The Morgan fingerprint density at radius 1 is 1.10 bits per heavy atom. The molecule has 0 saturated heterocycles. The molecule has 0 radical (unpaired) electrons. The number of carboxylic acid groups (broad SMARTS) is 1. The molecule has 39 heavy (non-hydrogen) atoms. The molecular formula is C27H33Cl2N3O5S2. The maximum Gasteiger partial charge on any atom is 0.309 e. The van der Waals surface area contributed by atoms with Crippen molar-refractivity contribution in [3.8, 4) is 10.4 Å². The van der Waals surface area contributed by atoms with E-state index in [0.29, 0.717) is 42.0 Å². The van der Waals surface area contributed by atoms with E-state index in [2.05, 4.69) is 10.0 Å². The monoisotopic (exact) mass is 613 g/mol. The molecule has 2 aromatic rings. The molecule has 0 atom stereocenters. The number of hydrogen-bond acceptors (Lipinski definition) is 6. The van der Waals surface area contributed by atoms with Crippen molar-refractivity contribution in [2.75, 3.05) is 0 Å². The molecule has 1 heterocycles. The summed E-state index contributed by atoms with van der Waals surface area (Å²) in [6, 6.07) is 3.07. The first kappa shape index (κ1) is 28.8. The van der Waals surface area contributed by atoms with E-state index in [1.165, 1.54) is 23.8 Å². The summed E-state index contributed by atoms with van der Waals surface area (Å²) < 4.78 is 28.5. The van der Waals surface area contributed by atoms with E-state index < -0.39 is 32.5 Å². The van der Waals surface area contributed by atoms with Gasteiger partial charge < -0.3 is 10.4 Å². The summed E-state index contributed by atoms with van der Waals surface area (Å²) in [6.07, 6.45) is 7.71. The summed E-state index contributed by atoms with van der Waals surface area (Å²) in [7, 11) is -3.92. The van der Waals surface area contributed by atoms with Gasteiger partial charge in [-0.25, -0.2) is 18.1 Å². The van der Waals surface area contributed by atoms with E-state index in [1.807, 2.05) is 0 Å². The molecule has 0 unspecified atom stereocenters. The Hall–Kier alpha value is -1.72. The Morgan fingerprint density at radius 2 is 1.74 bits per heavy atom. The van der Waals surface area contributed by atoms with Crippen LogP contribution < -0.4 is 10.0 Å². The number of aliphatic carboxylic acids is 1. The lowest BCUT2D eigenvalue weighted by Crippen LogP contribution is -2.77. The second-order valence-electron chi connectivity index (χ2n) is 12.4. The normalized spacial score (nSPS) is 25.1. The number of benzene rings is 1. The minimum Gasteiger partial charge on any atom is -0.481 e. The molecular weight excluding hydrogens is 581 g/mol. The van der Waals surface area contributed by atoms with Crippen molar-refractivity contribution in [1.29, 1.82) is 0 Å². The van der Waals surface area contributed by atoms with Crippen LogP contribution in [0.15, 0.2) is 17.0 Å². The lowest BCUT2D eigenvalue weighted by atomic mass is 9.39. The maximum absolute atomic E-state index is 13.3. The van der Waals surface area contributed by atoms with E-state index in [4.69, 9.17) is 28.2 Å². The summed E-state index contributed by atoms with van der Waals surface area (Å²) in [4.78, 5) is 30.0. The minimum atomic E-state index is -3.92. The van der Waals surface area contributed by atoms with Crippen LogP contribution in [0.5, 0.6) is 0 Å². The largest absolute Gasteiger partial charge is 0.481 e. The molecule has 4 aliphatic rings. The molecule has 3 N–H and O–H groups in total. The number of carbonyl (C=O) groups excluding carboxylic acids is 1. The first-order valence-corrected chi connectivity index (χ1v) is 16.3. The number of sulfonamides is 1. The van der Waals surface area contributed by atoms with Gasteiger partial charge in [0.2, 0.25) is 10.0 Å². The fourth-order valence-electron chi connectivity index (χ4n) is 6.28. The number of nitrogens with zero attached hydrogens (tertiary/aromatic N) is 1. The van der Waals surface area contributed by atoms with Crippen molar-refractivity contribution < 1.29 is 23.1 Å². The van der Waals surface area contributed by atoms with Gasteiger partial charge in [0.05, 0.1) is 26.0 Å². The molecule has 1 aromatic heterocycles. The minimum absolute atomic E-state index is 0.0817. The Bertz CT molecular complexity index is 1420. The van der Waals surface area contributed by atoms with Gasteiger partial charge in [0.25, 0.3) is 5.91 Å². The quantitative estimate of drug-likeness (QED) is 0.332. The van der Waals surface area contributed by atoms with Gasteiger partial charge in [0, 0.05) is 16.6 Å². The molecule has 4 aliphatic carbocycles. The number of hydrogen-bond donors (Lipinski definition) is 3. The van der Waals surface area contributed by atoms with Crippen LogP contribution in [-0.4, -0.2) is 41.5 Å². The predicted molar refractivity (Wildman–Crippen MR) is 152 cm³/mol. The van der Waals surface area contributed by atoms with Gasteiger partial charge in [0.15, 0.2) is 5.01 Å². The van der Waals surface area contributed by atoms with Gasteiger partial charge in [-0.3, -0.25) is 9.59 Å². The highest BCUT2D eigenvalue weighted by Gasteiger charge is 2.72. The Labute approximate surface area is 242 Å². The summed E-state index contributed by atoms with van der Waals surface area (Å²) in [6.45, 7) is 5.22. The van der Waals surface area contributed by atoms with Gasteiger partial charge in [-0.15, -0.1) is 11.3 Å². The van der Waals surface area contributed by atoms with Gasteiger partial charge >= 0.3 is 5.97 Å². The first-order valence-electron chi connectivity index (χ1n) is 13.2. The SMILES string of the molecule is CC(C)(C)NS(=O)(=O)c1ccc(-c2sc(C(=O)NC34CC(C(=O)O)(C3)C4)nc2CC2CCCCC2)c(Cl)c1Cl. The van der Waals surface area contributed by atoms with Crippen LogP contribution in [0.2, 0.25) is 10.0 Å². The third-order valence-electron chi connectivity index (χ3n) is 7.98.